The van der Waals surface area contributed by atoms with Crippen LogP contribution in [-0.4, -0.2) is 25.5 Å². The van der Waals surface area contributed by atoms with Crippen LogP contribution in [0.2, 0.25) is 5.02 Å². The number of benzene rings is 2. The van der Waals surface area contributed by atoms with Crippen LogP contribution in [0, 0.1) is 5.92 Å². The molecular formula is C19H19ClN2O3. The molecule has 0 aromatic heterocycles. The molecule has 130 valence electrons. The third-order valence-corrected chi connectivity index (χ3v) is 4.49. The third kappa shape index (κ3) is 4.12. The average Bonchev–Trinajstić information content (AvgIpc) is 3.03. The summed E-state index contributed by atoms with van der Waals surface area (Å²) < 4.78 is 5.19. The molecule has 1 aliphatic heterocycles. The first kappa shape index (κ1) is 17.3. The highest BCUT2D eigenvalue weighted by Crippen LogP contribution is 2.28. The highest BCUT2D eigenvalue weighted by molar-refractivity contribution is 6.30. The van der Waals surface area contributed by atoms with E-state index in [-0.39, 0.29) is 24.2 Å². The number of ether oxygens (including phenoxy) is 1. The van der Waals surface area contributed by atoms with E-state index in [0.29, 0.717) is 23.9 Å². The quantitative estimate of drug-likeness (QED) is 0.893. The molecule has 25 heavy (non-hydrogen) atoms. The van der Waals surface area contributed by atoms with Crippen molar-refractivity contribution < 1.29 is 14.3 Å². The van der Waals surface area contributed by atoms with Gasteiger partial charge in [0.2, 0.25) is 11.8 Å². The van der Waals surface area contributed by atoms with E-state index < -0.39 is 0 Å². The molecule has 3 rings (SSSR count). The molecular weight excluding hydrogens is 340 g/mol. The second-order valence-electron chi connectivity index (χ2n) is 5.95. The Morgan fingerprint density at radius 3 is 2.76 bits per heavy atom. The number of hydrogen-bond acceptors (Lipinski definition) is 3. The summed E-state index contributed by atoms with van der Waals surface area (Å²) in [6.07, 6.45) is 0.212. The molecule has 1 N–H and O–H groups in total. The molecule has 1 atom stereocenters. The van der Waals surface area contributed by atoms with Crippen LogP contribution in [-0.2, 0) is 16.1 Å². The number of nitrogens with one attached hydrogen (secondary N) is 1. The Balaban J connectivity index is 1.61. The van der Waals surface area contributed by atoms with Gasteiger partial charge in [0.15, 0.2) is 0 Å². The predicted molar refractivity (Wildman–Crippen MR) is 96.8 cm³/mol. The number of carbonyl (C=O) groups is 2. The Bertz CT molecular complexity index is 776. The largest absolute Gasteiger partial charge is 0.497 e. The van der Waals surface area contributed by atoms with Gasteiger partial charge in [-0.2, -0.15) is 0 Å². The standard InChI is InChI=1S/C19H19ClN2O3/c1-25-17-4-2-3-16(10-17)22-12-14(9-18(22)23)19(24)21-11-13-5-7-15(20)8-6-13/h2-8,10,14H,9,11-12H2,1H3,(H,21,24)/t14-/m0/s1. The summed E-state index contributed by atoms with van der Waals surface area (Å²) in [6, 6.07) is 14.6. The first-order chi connectivity index (χ1) is 12.1. The molecule has 2 amide bonds. The summed E-state index contributed by atoms with van der Waals surface area (Å²) in [4.78, 5) is 26.3. The summed E-state index contributed by atoms with van der Waals surface area (Å²) in [5, 5.41) is 3.55. The van der Waals surface area contributed by atoms with E-state index in [1.807, 2.05) is 30.3 Å². The van der Waals surface area contributed by atoms with Gasteiger partial charge < -0.3 is 15.0 Å². The highest BCUT2D eigenvalue weighted by Gasteiger charge is 2.35. The van der Waals surface area contributed by atoms with Gasteiger partial charge in [-0.05, 0) is 29.8 Å². The van der Waals surface area contributed by atoms with E-state index in [1.165, 1.54) is 0 Å². The number of nitrogens with zero attached hydrogens (tertiary/aromatic N) is 1. The SMILES string of the molecule is COc1cccc(N2C[C@@H](C(=O)NCc3ccc(Cl)cc3)CC2=O)c1. The molecule has 5 nitrogen and oxygen atoms in total. The average molecular weight is 359 g/mol. The van der Waals surface area contributed by atoms with Crippen LogP contribution in [0.5, 0.6) is 5.75 Å². The van der Waals surface area contributed by atoms with Crippen molar-refractivity contribution in [2.75, 3.05) is 18.6 Å². The number of methoxy groups -OCH3 is 1. The van der Waals surface area contributed by atoms with Crippen LogP contribution >= 0.6 is 11.6 Å². The lowest BCUT2D eigenvalue weighted by Gasteiger charge is -2.17. The van der Waals surface area contributed by atoms with Gasteiger partial charge in [-0.3, -0.25) is 9.59 Å². The van der Waals surface area contributed by atoms with Crippen LogP contribution in [0.3, 0.4) is 0 Å². The van der Waals surface area contributed by atoms with Crippen molar-refractivity contribution in [2.45, 2.75) is 13.0 Å². The molecule has 0 aliphatic carbocycles. The van der Waals surface area contributed by atoms with Gasteiger partial charge in [0.05, 0.1) is 13.0 Å². The molecule has 1 fully saturated rings. The maximum Gasteiger partial charge on any atom is 0.227 e. The van der Waals surface area contributed by atoms with Crippen molar-refractivity contribution in [3.8, 4) is 5.75 Å². The fourth-order valence-electron chi connectivity index (χ4n) is 2.85. The van der Waals surface area contributed by atoms with Crippen LogP contribution in [0.4, 0.5) is 5.69 Å². The fraction of sp³-hybridized carbons (Fsp3) is 0.263. The molecule has 1 heterocycles. The van der Waals surface area contributed by atoms with E-state index in [1.54, 1.807) is 30.2 Å². The zero-order valence-electron chi connectivity index (χ0n) is 13.9. The predicted octanol–water partition coefficient (Wildman–Crippen LogP) is 3.02. The van der Waals surface area contributed by atoms with E-state index in [9.17, 15) is 9.59 Å². The van der Waals surface area contributed by atoms with Crippen molar-refractivity contribution >= 4 is 29.1 Å². The second kappa shape index (κ2) is 7.57. The van der Waals surface area contributed by atoms with Gasteiger partial charge in [0.1, 0.15) is 5.75 Å². The van der Waals surface area contributed by atoms with Gasteiger partial charge in [-0.15, -0.1) is 0 Å². The zero-order valence-corrected chi connectivity index (χ0v) is 14.6. The summed E-state index contributed by atoms with van der Waals surface area (Å²) in [5.74, 6) is 0.153. The number of amides is 2. The van der Waals surface area contributed by atoms with Gasteiger partial charge >= 0.3 is 0 Å². The molecule has 2 aromatic rings. The molecule has 0 unspecified atom stereocenters. The fourth-order valence-corrected chi connectivity index (χ4v) is 2.97. The molecule has 6 heteroatoms. The van der Waals surface area contributed by atoms with Gasteiger partial charge in [0.25, 0.3) is 0 Å². The first-order valence-electron chi connectivity index (χ1n) is 8.03. The van der Waals surface area contributed by atoms with Gasteiger partial charge in [-0.25, -0.2) is 0 Å². The highest BCUT2D eigenvalue weighted by atomic mass is 35.5. The van der Waals surface area contributed by atoms with Crippen molar-refractivity contribution in [1.29, 1.82) is 0 Å². The van der Waals surface area contributed by atoms with E-state index >= 15 is 0 Å². The Labute approximate surface area is 151 Å². The maximum atomic E-state index is 12.4. The first-order valence-corrected chi connectivity index (χ1v) is 8.41. The maximum absolute atomic E-state index is 12.4. The summed E-state index contributed by atoms with van der Waals surface area (Å²) >= 11 is 5.85. The van der Waals surface area contributed by atoms with Crippen molar-refractivity contribution in [3.63, 3.8) is 0 Å². The monoisotopic (exact) mass is 358 g/mol. The van der Waals surface area contributed by atoms with Crippen LogP contribution in [0.25, 0.3) is 0 Å². The Kier molecular flexibility index (Phi) is 5.24. The number of hydrogen-bond donors (Lipinski definition) is 1. The normalized spacial score (nSPS) is 16.8. The summed E-state index contributed by atoms with van der Waals surface area (Å²) in [6.45, 7) is 0.790. The van der Waals surface area contributed by atoms with E-state index in [0.717, 1.165) is 11.3 Å². The van der Waals surface area contributed by atoms with Crippen LogP contribution in [0.15, 0.2) is 48.5 Å². The van der Waals surface area contributed by atoms with Crippen LogP contribution in [0.1, 0.15) is 12.0 Å². The minimum Gasteiger partial charge on any atom is -0.497 e. The number of halogens is 1. The zero-order chi connectivity index (χ0) is 17.8. The smallest absolute Gasteiger partial charge is 0.227 e. The molecule has 0 saturated carbocycles. The van der Waals surface area contributed by atoms with Crippen molar-refractivity contribution in [1.82, 2.24) is 5.32 Å². The summed E-state index contributed by atoms with van der Waals surface area (Å²) in [7, 11) is 1.58. The molecule has 0 spiro atoms. The second-order valence-corrected chi connectivity index (χ2v) is 6.39. The molecule has 0 radical (unpaired) electrons. The minimum absolute atomic E-state index is 0.0557. The lowest BCUT2D eigenvalue weighted by atomic mass is 10.1. The summed E-state index contributed by atoms with van der Waals surface area (Å²) in [5.41, 5.74) is 1.71. The topological polar surface area (TPSA) is 58.6 Å². The van der Waals surface area contributed by atoms with Gasteiger partial charge in [0, 0.05) is 36.3 Å². The number of anilines is 1. The van der Waals surface area contributed by atoms with Crippen LogP contribution < -0.4 is 15.0 Å². The number of rotatable bonds is 5. The number of carbonyl (C=O) groups excluding carboxylic acids is 2. The Morgan fingerprint density at radius 2 is 2.04 bits per heavy atom. The van der Waals surface area contributed by atoms with E-state index in [4.69, 9.17) is 16.3 Å². The van der Waals surface area contributed by atoms with Crippen molar-refractivity contribution in [3.05, 3.63) is 59.1 Å². The Morgan fingerprint density at radius 1 is 1.28 bits per heavy atom. The lowest BCUT2D eigenvalue weighted by Crippen LogP contribution is -2.32. The molecule has 1 aliphatic rings. The van der Waals surface area contributed by atoms with E-state index in [2.05, 4.69) is 5.32 Å². The Hall–Kier alpha value is -2.53. The molecule has 1 saturated heterocycles. The van der Waals surface area contributed by atoms with Gasteiger partial charge in [-0.1, -0.05) is 29.8 Å². The third-order valence-electron chi connectivity index (χ3n) is 4.24. The van der Waals surface area contributed by atoms with Crippen molar-refractivity contribution in [2.24, 2.45) is 5.92 Å². The molecule has 2 aromatic carbocycles. The molecule has 0 bridgehead atoms. The lowest BCUT2D eigenvalue weighted by molar-refractivity contribution is -0.126. The minimum atomic E-state index is -0.356.